The number of hydrogen-bond acceptors (Lipinski definition) is 1. The quantitative estimate of drug-likeness (QED) is 0.885. The number of halogens is 1. The minimum atomic E-state index is -0.199. The highest BCUT2D eigenvalue weighted by molar-refractivity contribution is 5.41. The van der Waals surface area contributed by atoms with Crippen molar-refractivity contribution >= 4 is 0 Å². The molecule has 0 bridgehead atoms. The van der Waals surface area contributed by atoms with Gasteiger partial charge in [-0.05, 0) is 74.1 Å². The maximum absolute atomic E-state index is 13.4. The van der Waals surface area contributed by atoms with Gasteiger partial charge in [0, 0.05) is 6.04 Å². The molecule has 2 aromatic rings. The molecule has 0 aliphatic heterocycles. The first-order chi connectivity index (χ1) is 9.38. The molecule has 0 radical (unpaired) electrons. The Kier molecular flexibility index (Phi) is 4.24. The number of benzene rings is 2. The average Bonchev–Trinajstić information content (AvgIpc) is 2.32. The second kappa shape index (κ2) is 5.76. The minimum absolute atomic E-state index is 0.101. The van der Waals surface area contributed by atoms with Crippen molar-refractivity contribution in [2.75, 3.05) is 0 Å². The van der Waals surface area contributed by atoms with Crippen LogP contribution in [0.5, 0.6) is 0 Å². The maximum Gasteiger partial charge on any atom is 0.123 e. The molecule has 0 heterocycles. The van der Waals surface area contributed by atoms with E-state index >= 15 is 0 Å². The monoisotopic (exact) mass is 271 g/mol. The van der Waals surface area contributed by atoms with Crippen LogP contribution in [0.1, 0.15) is 39.4 Å². The van der Waals surface area contributed by atoms with E-state index in [9.17, 15) is 4.39 Å². The van der Waals surface area contributed by atoms with Gasteiger partial charge in [-0.25, -0.2) is 4.39 Å². The van der Waals surface area contributed by atoms with E-state index in [1.54, 1.807) is 6.07 Å². The fourth-order valence-electron chi connectivity index (χ4n) is 2.97. The van der Waals surface area contributed by atoms with E-state index in [4.69, 9.17) is 5.73 Å². The molecule has 0 saturated heterocycles. The molecule has 1 unspecified atom stereocenters. The molecular formula is C18H22FN. The summed E-state index contributed by atoms with van der Waals surface area (Å²) in [6, 6.07) is 9.10. The van der Waals surface area contributed by atoms with Crippen LogP contribution in [-0.4, -0.2) is 0 Å². The minimum Gasteiger partial charge on any atom is -0.324 e. The second-order valence-electron chi connectivity index (χ2n) is 5.69. The molecule has 0 saturated carbocycles. The molecule has 0 amide bonds. The van der Waals surface area contributed by atoms with Gasteiger partial charge in [-0.2, -0.15) is 0 Å². The van der Waals surface area contributed by atoms with Crippen molar-refractivity contribution in [3.05, 3.63) is 69.5 Å². The van der Waals surface area contributed by atoms with Crippen LogP contribution >= 0.6 is 0 Å². The van der Waals surface area contributed by atoms with Crippen LogP contribution in [0.2, 0.25) is 0 Å². The van der Waals surface area contributed by atoms with Gasteiger partial charge < -0.3 is 5.73 Å². The van der Waals surface area contributed by atoms with Gasteiger partial charge in [-0.3, -0.25) is 0 Å². The van der Waals surface area contributed by atoms with Gasteiger partial charge in [-0.15, -0.1) is 0 Å². The fourth-order valence-corrected chi connectivity index (χ4v) is 2.97. The summed E-state index contributed by atoms with van der Waals surface area (Å²) in [4.78, 5) is 0. The molecule has 0 fully saturated rings. The third-order valence-corrected chi connectivity index (χ3v) is 3.86. The fraction of sp³-hybridized carbons (Fsp3) is 0.333. The first kappa shape index (κ1) is 14.7. The molecule has 0 aliphatic rings. The van der Waals surface area contributed by atoms with Gasteiger partial charge >= 0.3 is 0 Å². The van der Waals surface area contributed by atoms with Gasteiger partial charge in [0.25, 0.3) is 0 Å². The van der Waals surface area contributed by atoms with E-state index in [0.717, 1.165) is 11.1 Å². The molecule has 1 nitrogen and oxygen atoms in total. The average molecular weight is 271 g/mol. The Labute approximate surface area is 120 Å². The normalized spacial score (nSPS) is 12.5. The van der Waals surface area contributed by atoms with Crippen LogP contribution < -0.4 is 5.73 Å². The molecular weight excluding hydrogens is 249 g/mol. The van der Waals surface area contributed by atoms with Crippen molar-refractivity contribution in [2.24, 2.45) is 5.73 Å². The Hall–Kier alpha value is -1.67. The lowest BCUT2D eigenvalue weighted by atomic mass is 9.90. The zero-order valence-corrected chi connectivity index (χ0v) is 12.6. The summed E-state index contributed by atoms with van der Waals surface area (Å²) in [6.07, 6.45) is 0.661. The number of hydrogen-bond donors (Lipinski definition) is 1. The summed E-state index contributed by atoms with van der Waals surface area (Å²) in [6.45, 7) is 8.27. The SMILES string of the molecule is Cc1cc(C)c(C(N)Cc2cc(F)ccc2C)c(C)c1. The van der Waals surface area contributed by atoms with Crippen molar-refractivity contribution in [1.82, 2.24) is 0 Å². The molecule has 20 heavy (non-hydrogen) atoms. The third kappa shape index (κ3) is 3.07. The van der Waals surface area contributed by atoms with Gasteiger partial charge in [0.05, 0.1) is 0 Å². The molecule has 0 spiro atoms. The van der Waals surface area contributed by atoms with Crippen molar-refractivity contribution in [1.29, 1.82) is 0 Å². The zero-order chi connectivity index (χ0) is 14.9. The summed E-state index contributed by atoms with van der Waals surface area (Å²) < 4.78 is 13.4. The summed E-state index contributed by atoms with van der Waals surface area (Å²) in [5.74, 6) is -0.199. The summed E-state index contributed by atoms with van der Waals surface area (Å²) in [7, 11) is 0. The summed E-state index contributed by atoms with van der Waals surface area (Å²) in [5.41, 5.74) is 13.3. The van der Waals surface area contributed by atoms with Crippen molar-refractivity contribution in [2.45, 2.75) is 40.2 Å². The van der Waals surface area contributed by atoms with E-state index < -0.39 is 0 Å². The van der Waals surface area contributed by atoms with Gasteiger partial charge in [-0.1, -0.05) is 23.8 Å². The standard InChI is InChI=1S/C18H22FN/c1-11-7-13(3)18(14(4)8-11)17(20)10-15-9-16(19)6-5-12(15)2/h5-9,17H,10,20H2,1-4H3. The van der Waals surface area contributed by atoms with E-state index in [1.165, 1.54) is 28.3 Å². The molecule has 0 aliphatic carbocycles. The van der Waals surface area contributed by atoms with E-state index in [1.807, 2.05) is 13.0 Å². The first-order valence-electron chi connectivity index (χ1n) is 6.97. The van der Waals surface area contributed by atoms with E-state index in [-0.39, 0.29) is 11.9 Å². The molecule has 1 atom stereocenters. The molecule has 2 N–H and O–H groups in total. The zero-order valence-electron chi connectivity index (χ0n) is 12.6. The van der Waals surface area contributed by atoms with E-state index in [0.29, 0.717) is 6.42 Å². The predicted octanol–water partition coefficient (Wildman–Crippen LogP) is 4.30. The molecule has 2 rings (SSSR count). The van der Waals surface area contributed by atoms with Crippen LogP contribution in [0, 0.1) is 33.5 Å². The topological polar surface area (TPSA) is 26.0 Å². The van der Waals surface area contributed by atoms with Crippen LogP contribution in [0.3, 0.4) is 0 Å². The number of aryl methyl sites for hydroxylation is 4. The van der Waals surface area contributed by atoms with Crippen molar-refractivity contribution < 1.29 is 4.39 Å². The van der Waals surface area contributed by atoms with E-state index in [2.05, 4.69) is 32.9 Å². The molecule has 2 heteroatoms. The van der Waals surface area contributed by atoms with Crippen molar-refractivity contribution in [3.63, 3.8) is 0 Å². The molecule has 0 aromatic heterocycles. The lowest BCUT2D eigenvalue weighted by Gasteiger charge is -2.19. The Morgan fingerprint density at radius 2 is 1.55 bits per heavy atom. The second-order valence-corrected chi connectivity index (χ2v) is 5.69. The highest BCUT2D eigenvalue weighted by atomic mass is 19.1. The maximum atomic E-state index is 13.4. The molecule has 106 valence electrons. The third-order valence-electron chi connectivity index (χ3n) is 3.86. The smallest absolute Gasteiger partial charge is 0.123 e. The highest BCUT2D eigenvalue weighted by Gasteiger charge is 2.14. The van der Waals surface area contributed by atoms with Crippen LogP contribution in [0.15, 0.2) is 30.3 Å². The van der Waals surface area contributed by atoms with Crippen LogP contribution in [-0.2, 0) is 6.42 Å². The first-order valence-corrected chi connectivity index (χ1v) is 6.97. The van der Waals surface area contributed by atoms with Gasteiger partial charge in [0.2, 0.25) is 0 Å². The van der Waals surface area contributed by atoms with Crippen LogP contribution in [0.4, 0.5) is 4.39 Å². The summed E-state index contributed by atoms with van der Waals surface area (Å²) >= 11 is 0. The Bertz CT molecular complexity index is 608. The predicted molar refractivity (Wildman–Crippen MR) is 82.4 cm³/mol. The lowest BCUT2D eigenvalue weighted by molar-refractivity contribution is 0.620. The van der Waals surface area contributed by atoms with Crippen molar-refractivity contribution in [3.8, 4) is 0 Å². The number of rotatable bonds is 3. The lowest BCUT2D eigenvalue weighted by Crippen LogP contribution is -2.17. The van der Waals surface area contributed by atoms with Gasteiger partial charge in [0.15, 0.2) is 0 Å². The number of nitrogens with two attached hydrogens (primary N) is 1. The van der Waals surface area contributed by atoms with Crippen LogP contribution in [0.25, 0.3) is 0 Å². The Morgan fingerprint density at radius 1 is 0.950 bits per heavy atom. The summed E-state index contributed by atoms with van der Waals surface area (Å²) in [5, 5.41) is 0. The molecule has 2 aromatic carbocycles. The Balaban J connectivity index is 2.33. The van der Waals surface area contributed by atoms with Gasteiger partial charge in [0.1, 0.15) is 5.82 Å². The highest BCUT2D eigenvalue weighted by Crippen LogP contribution is 2.26. The Morgan fingerprint density at radius 3 is 2.15 bits per heavy atom. The largest absolute Gasteiger partial charge is 0.324 e.